The second-order valence-electron chi connectivity index (χ2n) is 29.4. The highest BCUT2D eigenvalue weighted by atomic mass is 16.2. The molecule has 0 aromatic heterocycles. The Labute approximate surface area is 559 Å². The van der Waals surface area contributed by atoms with E-state index in [-0.39, 0.29) is 90.7 Å². The van der Waals surface area contributed by atoms with Crippen LogP contribution >= 0.6 is 0 Å². The van der Waals surface area contributed by atoms with Gasteiger partial charge in [-0.1, -0.05) is 195 Å². The van der Waals surface area contributed by atoms with Gasteiger partial charge in [0.2, 0.25) is 29.5 Å². The van der Waals surface area contributed by atoms with Gasteiger partial charge in [0.25, 0.3) is 0 Å². The number of hydrogen-bond donors (Lipinski definition) is 6. The van der Waals surface area contributed by atoms with Crippen LogP contribution in [0, 0.1) is 53.3 Å². The van der Waals surface area contributed by atoms with Gasteiger partial charge in [0.15, 0.2) is 11.6 Å². The Kier molecular flexibility index (Phi) is 58.7. The zero-order valence-corrected chi connectivity index (χ0v) is 61.0. The van der Waals surface area contributed by atoms with Crippen LogP contribution in [-0.4, -0.2) is 97.0 Å². The van der Waals surface area contributed by atoms with E-state index in [0.29, 0.717) is 119 Å². The van der Waals surface area contributed by atoms with Crippen molar-refractivity contribution in [3.63, 3.8) is 0 Å². The van der Waals surface area contributed by atoms with E-state index < -0.39 is 18.0 Å². The van der Waals surface area contributed by atoms with E-state index in [2.05, 4.69) is 115 Å². The molecule has 0 spiro atoms. The lowest BCUT2D eigenvalue weighted by molar-refractivity contribution is -0.132. The first kappa shape index (κ1) is 91.2. The highest BCUT2D eigenvalue weighted by Gasteiger charge is 2.30. The summed E-state index contributed by atoms with van der Waals surface area (Å²) in [7, 11) is 0. The normalized spacial score (nSPS) is 12.8. The van der Waals surface area contributed by atoms with E-state index >= 15 is 0 Å². The number of ketones is 4. The van der Waals surface area contributed by atoms with Gasteiger partial charge in [-0.3, -0.25) is 43.2 Å². The molecule has 0 rings (SSSR count). The quantitative estimate of drug-likeness (QED) is 0.0316. The summed E-state index contributed by atoms with van der Waals surface area (Å²) in [5.41, 5.74) is 0. The van der Waals surface area contributed by atoms with Gasteiger partial charge in [-0.25, -0.2) is 0 Å². The second-order valence-corrected chi connectivity index (χ2v) is 29.4. The van der Waals surface area contributed by atoms with Gasteiger partial charge in [-0.05, 0) is 132 Å². The van der Waals surface area contributed by atoms with Gasteiger partial charge in [0.05, 0.1) is 12.1 Å². The molecule has 534 valence electrons. The van der Waals surface area contributed by atoms with Crippen LogP contribution in [-0.2, 0) is 43.2 Å². The third-order valence-electron chi connectivity index (χ3n) is 16.8. The number of rotatable bonds is 58. The Morgan fingerprint density at radius 3 is 0.769 bits per heavy atom. The molecule has 0 saturated carbocycles. The highest BCUT2D eigenvalue weighted by Crippen LogP contribution is 2.23. The van der Waals surface area contributed by atoms with E-state index in [1.165, 1.54) is 0 Å². The van der Waals surface area contributed by atoms with Crippen molar-refractivity contribution in [2.24, 2.45) is 53.3 Å². The van der Waals surface area contributed by atoms with Crippen molar-refractivity contribution in [2.75, 3.05) is 26.2 Å². The molecule has 4 atom stereocenters. The van der Waals surface area contributed by atoms with Crippen molar-refractivity contribution < 1.29 is 43.2 Å². The number of Topliss-reactive ketones (excluding diaryl/α,β-unsaturated/α-hetero) is 4. The Morgan fingerprint density at radius 2 is 0.516 bits per heavy atom. The molecule has 0 heterocycles. The molecule has 5 amide bonds. The van der Waals surface area contributed by atoms with Gasteiger partial charge < -0.3 is 31.9 Å². The number of nitrogens with one attached hydrogen (secondary N) is 6. The molecule has 0 saturated heterocycles. The Bertz CT molecular complexity index is 1920. The smallest absolute Gasteiger partial charge is 0.220 e. The molecule has 91 heavy (non-hydrogen) atoms. The maximum absolute atomic E-state index is 13.7. The summed E-state index contributed by atoms with van der Waals surface area (Å²) in [6.45, 7) is 36.2. The van der Waals surface area contributed by atoms with Crippen LogP contribution in [0.25, 0.3) is 0 Å². The Hall–Kier alpha value is -4.01. The molecule has 0 aliphatic carbocycles. The predicted octanol–water partition coefficient (Wildman–Crippen LogP) is 16.3. The van der Waals surface area contributed by atoms with Crippen LogP contribution in [0.3, 0.4) is 0 Å². The van der Waals surface area contributed by atoms with Crippen molar-refractivity contribution >= 4 is 52.7 Å². The number of hydrogen-bond acceptors (Lipinski definition) is 10. The maximum atomic E-state index is 13.7. The van der Waals surface area contributed by atoms with Crippen LogP contribution in [0.1, 0.15) is 337 Å². The first-order valence-corrected chi connectivity index (χ1v) is 36.8. The zero-order chi connectivity index (χ0) is 68.2. The van der Waals surface area contributed by atoms with Gasteiger partial charge in [-0.15, -0.1) is 0 Å². The Balaban J connectivity index is -0.00000170. The van der Waals surface area contributed by atoms with Crippen LogP contribution in [0.4, 0.5) is 0 Å². The minimum atomic E-state index is -0.633. The van der Waals surface area contributed by atoms with Crippen molar-refractivity contribution in [2.45, 2.75) is 355 Å². The minimum Gasteiger partial charge on any atom is -0.356 e. The van der Waals surface area contributed by atoms with Crippen molar-refractivity contribution in [1.82, 2.24) is 31.9 Å². The third kappa shape index (κ3) is 57.2. The monoisotopic (exact) mass is 1290 g/mol. The summed E-state index contributed by atoms with van der Waals surface area (Å²) >= 11 is 0. The first-order valence-electron chi connectivity index (χ1n) is 36.8. The summed E-state index contributed by atoms with van der Waals surface area (Å²) in [5, 5.41) is 18.4. The molecular weight excluding hydrogens is 1140 g/mol. The highest BCUT2D eigenvalue weighted by molar-refractivity contribution is 5.94. The fourth-order valence-electron chi connectivity index (χ4n) is 11.1. The number of carbonyl (C=O) groups excluding carboxylic acids is 9. The summed E-state index contributed by atoms with van der Waals surface area (Å²) in [6.07, 6.45) is 26.3. The van der Waals surface area contributed by atoms with Gasteiger partial charge in [0, 0.05) is 94.3 Å². The topological polar surface area (TPSA) is 226 Å². The minimum absolute atomic E-state index is 0. The lowest BCUT2D eigenvalue weighted by Gasteiger charge is -2.22. The van der Waals surface area contributed by atoms with E-state index in [0.717, 1.165) is 148 Å². The van der Waals surface area contributed by atoms with Crippen LogP contribution < -0.4 is 31.9 Å². The zero-order valence-electron chi connectivity index (χ0n) is 61.0. The van der Waals surface area contributed by atoms with Crippen molar-refractivity contribution in [3.05, 3.63) is 0 Å². The van der Waals surface area contributed by atoms with Crippen LogP contribution in [0.2, 0.25) is 0 Å². The summed E-state index contributed by atoms with van der Waals surface area (Å²) in [5.74, 6) is 2.26. The molecule has 0 bridgehead atoms. The van der Waals surface area contributed by atoms with Crippen LogP contribution in [0.15, 0.2) is 0 Å². The first-order chi connectivity index (χ1) is 42.5. The molecule has 15 heteroatoms. The summed E-state index contributed by atoms with van der Waals surface area (Å²) in [6, 6.07) is -0.788. The lowest BCUT2D eigenvalue weighted by Crippen LogP contribution is -2.42. The molecule has 0 aliphatic heterocycles. The average molecular weight is 1290 g/mol. The van der Waals surface area contributed by atoms with E-state index in [9.17, 15) is 43.2 Å². The maximum Gasteiger partial charge on any atom is 0.220 e. The molecule has 0 aromatic carbocycles. The van der Waals surface area contributed by atoms with Crippen molar-refractivity contribution in [3.8, 4) is 0 Å². The molecule has 6 N–H and O–H groups in total. The molecule has 0 radical (unpaired) electrons. The van der Waals surface area contributed by atoms with Gasteiger partial charge >= 0.3 is 0 Å². The number of unbranched alkanes of at least 4 members (excludes halogenated alkanes) is 9. The molecule has 0 aromatic rings. The molecule has 0 fully saturated rings. The van der Waals surface area contributed by atoms with E-state index in [4.69, 9.17) is 0 Å². The molecule has 4 unspecified atom stereocenters. The predicted molar refractivity (Wildman–Crippen MR) is 381 cm³/mol. The number of carbonyl (C=O) groups is 9. The SMILES string of the molecule is C.CC(C)CCCCC(=O)NCCCCC(CC(=O)C(CCCCNC(=O)CCCCC(C)C)NC(=O)CCCCC(C)C)C(=O)C(C)C.CC(C)CCCCC(=O)NCCCCC(NC(=O)CCCCC(C)C)C(=O)CC(CCCCNC(C)C)C(=O)C(C)C. The van der Waals surface area contributed by atoms with E-state index in [1.54, 1.807) is 0 Å². The largest absolute Gasteiger partial charge is 0.356 e. The second kappa shape index (κ2) is 58.6. The standard InChI is InChI=1S/C40H75N3O5.C35H67N3O4.CH4/c1-30(2)19-9-12-24-37(45)41-27-17-15-22-34(40(48)33(7)8)29-36(44)35(43-39(47)26-14-11-21-32(5)6)23-16-18-28-42-38(46)25-13-10-20-31(3)4;1-26(2)17-9-11-21-33(40)37-24-16-14-20-31(38-34(41)22-12-10-18-27(3)4)32(39)25-30(35(42)28(5)6)19-13-15-23-36-29(7)8;/h30-35H,9-29H2,1-8H3,(H,41,45)(H,42,46)(H,43,47);26-31,36H,9-25H2,1-8H3,(H,37,40)(H,38,41);1H4. The molecular formula is C76H146N6O9. The summed E-state index contributed by atoms with van der Waals surface area (Å²) in [4.78, 5) is 116. The van der Waals surface area contributed by atoms with Crippen molar-refractivity contribution in [1.29, 1.82) is 0 Å². The fraction of sp³-hybridized carbons (Fsp3) is 0.882. The van der Waals surface area contributed by atoms with E-state index in [1.807, 2.05) is 27.7 Å². The van der Waals surface area contributed by atoms with Gasteiger partial charge in [0.1, 0.15) is 11.6 Å². The molecule has 15 nitrogen and oxygen atoms in total. The van der Waals surface area contributed by atoms with Crippen LogP contribution in [0.5, 0.6) is 0 Å². The number of amides is 5. The fourth-order valence-corrected chi connectivity index (χ4v) is 11.1. The molecule has 0 aliphatic rings. The van der Waals surface area contributed by atoms with Gasteiger partial charge in [-0.2, -0.15) is 0 Å². The Morgan fingerprint density at radius 1 is 0.275 bits per heavy atom. The summed E-state index contributed by atoms with van der Waals surface area (Å²) < 4.78 is 0. The average Bonchev–Trinajstić information content (AvgIpc) is 2.96. The third-order valence-corrected chi connectivity index (χ3v) is 16.8. The lowest BCUT2D eigenvalue weighted by atomic mass is 9.85.